The van der Waals surface area contributed by atoms with E-state index in [1.54, 1.807) is 0 Å². The van der Waals surface area contributed by atoms with Crippen LogP contribution in [0.1, 0.15) is 32.1 Å². The summed E-state index contributed by atoms with van der Waals surface area (Å²) in [4.78, 5) is 7.92. The smallest absolute Gasteiger partial charge is 0.0702 e. The van der Waals surface area contributed by atoms with Gasteiger partial charge in [-0.25, -0.2) is 0 Å². The Labute approximate surface area is 152 Å². The number of ether oxygens (including phenoxy) is 1. The first-order chi connectivity index (χ1) is 12.4. The number of likely N-dealkylation sites (tertiary alicyclic amines) is 1. The molecule has 0 saturated carbocycles. The second kappa shape index (κ2) is 8.52. The zero-order chi connectivity index (χ0) is 16.9. The molecule has 138 valence electrons. The monoisotopic (exact) mass is 343 g/mol. The summed E-state index contributed by atoms with van der Waals surface area (Å²) in [6, 6.07) is 11.7. The maximum Gasteiger partial charge on any atom is 0.0702 e. The molecule has 3 fully saturated rings. The van der Waals surface area contributed by atoms with Crippen LogP contribution in [0.5, 0.6) is 0 Å². The van der Waals surface area contributed by atoms with Crippen LogP contribution in [0.15, 0.2) is 30.3 Å². The second-order valence-electron chi connectivity index (χ2n) is 7.88. The van der Waals surface area contributed by atoms with Crippen LogP contribution in [-0.4, -0.2) is 74.4 Å². The van der Waals surface area contributed by atoms with E-state index in [4.69, 9.17) is 4.74 Å². The number of piperidine rings is 1. The van der Waals surface area contributed by atoms with Crippen LogP contribution >= 0.6 is 0 Å². The highest BCUT2D eigenvalue weighted by Crippen LogP contribution is 2.22. The van der Waals surface area contributed by atoms with E-state index < -0.39 is 0 Å². The minimum Gasteiger partial charge on any atom is -0.377 e. The van der Waals surface area contributed by atoms with Crippen molar-refractivity contribution in [1.29, 1.82) is 0 Å². The Morgan fingerprint density at radius 3 is 2.28 bits per heavy atom. The average Bonchev–Trinajstić information content (AvgIpc) is 2.70. The van der Waals surface area contributed by atoms with Gasteiger partial charge in [-0.15, -0.1) is 0 Å². The van der Waals surface area contributed by atoms with Crippen molar-refractivity contribution < 1.29 is 4.74 Å². The fourth-order valence-electron chi connectivity index (χ4n) is 4.69. The Morgan fingerprint density at radius 2 is 1.60 bits per heavy atom. The van der Waals surface area contributed by atoms with E-state index in [0.29, 0.717) is 6.10 Å². The van der Waals surface area contributed by atoms with Crippen LogP contribution in [-0.2, 0) is 4.74 Å². The SMILES string of the molecule is c1ccc(N2CCN(C3CCN(C[C@H]4CCCCO4)CC3)CC2)cc1. The predicted octanol–water partition coefficient (Wildman–Crippen LogP) is 2.84. The van der Waals surface area contributed by atoms with Crippen molar-refractivity contribution in [2.45, 2.75) is 44.2 Å². The summed E-state index contributed by atoms with van der Waals surface area (Å²) in [5.41, 5.74) is 1.38. The molecule has 1 atom stereocenters. The van der Waals surface area contributed by atoms with Crippen LogP contribution < -0.4 is 4.90 Å². The number of hydrogen-bond donors (Lipinski definition) is 0. The maximum absolute atomic E-state index is 5.92. The van der Waals surface area contributed by atoms with Gasteiger partial charge in [-0.2, -0.15) is 0 Å². The van der Waals surface area contributed by atoms with Crippen molar-refractivity contribution in [2.75, 3.05) is 57.3 Å². The van der Waals surface area contributed by atoms with Gasteiger partial charge in [0.05, 0.1) is 6.10 Å². The van der Waals surface area contributed by atoms with Crippen molar-refractivity contribution >= 4 is 5.69 Å². The predicted molar refractivity (Wildman–Crippen MR) is 103 cm³/mol. The Bertz CT molecular complexity index is 501. The molecule has 3 aliphatic rings. The summed E-state index contributed by atoms with van der Waals surface area (Å²) < 4.78 is 5.92. The molecule has 3 heterocycles. The summed E-state index contributed by atoms with van der Waals surface area (Å²) in [6.45, 7) is 9.41. The van der Waals surface area contributed by atoms with Crippen molar-refractivity contribution in [3.05, 3.63) is 30.3 Å². The van der Waals surface area contributed by atoms with E-state index in [2.05, 4.69) is 45.0 Å². The summed E-state index contributed by atoms with van der Waals surface area (Å²) in [5, 5.41) is 0. The summed E-state index contributed by atoms with van der Waals surface area (Å²) in [6.07, 6.45) is 7.04. The molecule has 0 aliphatic carbocycles. The highest BCUT2D eigenvalue weighted by molar-refractivity contribution is 5.46. The lowest BCUT2D eigenvalue weighted by atomic mass is 10.0. The molecule has 0 spiro atoms. The van der Waals surface area contributed by atoms with Crippen LogP contribution in [0.25, 0.3) is 0 Å². The third-order valence-corrected chi connectivity index (χ3v) is 6.24. The number of rotatable bonds is 4. The molecule has 4 heteroatoms. The number of anilines is 1. The molecule has 0 bridgehead atoms. The van der Waals surface area contributed by atoms with Crippen molar-refractivity contribution in [1.82, 2.24) is 9.80 Å². The van der Waals surface area contributed by atoms with Gasteiger partial charge in [-0.3, -0.25) is 4.90 Å². The molecule has 1 aromatic carbocycles. The lowest BCUT2D eigenvalue weighted by Gasteiger charge is -2.44. The lowest BCUT2D eigenvalue weighted by molar-refractivity contribution is -0.0141. The Hall–Kier alpha value is -1.10. The van der Waals surface area contributed by atoms with Gasteiger partial charge in [0.2, 0.25) is 0 Å². The van der Waals surface area contributed by atoms with Gasteiger partial charge < -0.3 is 14.5 Å². The molecule has 3 aliphatic heterocycles. The molecule has 0 radical (unpaired) electrons. The molecular weight excluding hydrogens is 310 g/mol. The van der Waals surface area contributed by atoms with Crippen LogP contribution in [0.4, 0.5) is 5.69 Å². The number of para-hydroxylation sites is 1. The molecule has 0 N–H and O–H groups in total. The van der Waals surface area contributed by atoms with Gasteiger partial charge in [0.15, 0.2) is 0 Å². The fraction of sp³-hybridized carbons (Fsp3) is 0.714. The first-order valence-electron chi connectivity index (χ1n) is 10.3. The van der Waals surface area contributed by atoms with Gasteiger partial charge in [-0.05, 0) is 57.3 Å². The first kappa shape index (κ1) is 17.3. The Balaban J connectivity index is 1.20. The van der Waals surface area contributed by atoms with E-state index >= 15 is 0 Å². The third-order valence-electron chi connectivity index (χ3n) is 6.24. The van der Waals surface area contributed by atoms with E-state index in [0.717, 1.165) is 19.2 Å². The zero-order valence-electron chi connectivity index (χ0n) is 15.5. The summed E-state index contributed by atoms with van der Waals surface area (Å²) in [7, 11) is 0. The van der Waals surface area contributed by atoms with Crippen molar-refractivity contribution in [3.63, 3.8) is 0 Å². The highest BCUT2D eigenvalue weighted by atomic mass is 16.5. The van der Waals surface area contributed by atoms with Crippen molar-refractivity contribution in [2.24, 2.45) is 0 Å². The number of piperazine rings is 1. The van der Waals surface area contributed by atoms with E-state index in [1.165, 1.54) is 77.1 Å². The highest BCUT2D eigenvalue weighted by Gasteiger charge is 2.28. The molecule has 3 saturated heterocycles. The van der Waals surface area contributed by atoms with E-state index in [9.17, 15) is 0 Å². The second-order valence-corrected chi connectivity index (χ2v) is 7.88. The minimum absolute atomic E-state index is 0.500. The normalized spacial score (nSPS) is 27.5. The number of benzene rings is 1. The van der Waals surface area contributed by atoms with E-state index in [1.807, 2.05) is 0 Å². The van der Waals surface area contributed by atoms with Gasteiger partial charge in [0, 0.05) is 51.1 Å². The Morgan fingerprint density at radius 1 is 0.840 bits per heavy atom. The van der Waals surface area contributed by atoms with Gasteiger partial charge in [-0.1, -0.05) is 18.2 Å². The molecule has 1 aromatic rings. The maximum atomic E-state index is 5.92. The van der Waals surface area contributed by atoms with Crippen LogP contribution in [0, 0.1) is 0 Å². The average molecular weight is 344 g/mol. The standard InChI is InChI=1S/C21H33N3O/c1-2-6-19(7-3-1)23-13-15-24(16-14-23)20-9-11-22(12-10-20)18-21-8-4-5-17-25-21/h1-3,6-7,20-21H,4-5,8-18H2/t21-/m1/s1. The molecule has 25 heavy (non-hydrogen) atoms. The number of hydrogen-bond acceptors (Lipinski definition) is 4. The third kappa shape index (κ3) is 4.55. The van der Waals surface area contributed by atoms with Gasteiger partial charge in [0.1, 0.15) is 0 Å². The summed E-state index contributed by atoms with van der Waals surface area (Å²) in [5.74, 6) is 0. The largest absolute Gasteiger partial charge is 0.377 e. The minimum atomic E-state index is 0.500. The molecule has 4 nitrogen and oxygen atoms in total. The van der Waals surface area contributed by atoms with Crippen LogP contribution in [0.2, 0.25) is 0 Å². The lowest BCUT2D eigenvalue weighted by Crippen LogP contribution is -2.53. The van der Waals surface area contributed by atoms with Gasteiger partial charge in [0.25, 0.3) is 0 Å². The summed E-state index contributed by atoms with van der Waals surface area (Å²) >= 11 is 0. The quantitative estimate of drug-likeness (QED) is 0.837. The molecular formula is C21H33N3O. The first-order valence-corrected chi connectivity index (χ1v) is 10.3. The molecule has 0 aromatic heterocycles. The van der Waals surface area contributed by atoms with Crippen molar-refractivity contribution in [3.8, 4) is 0 Å². The molecule has 0 amide bonds. The van der Waals surface area contributed by atoms with E-state index in [-0.39, 0.29) is 0 Å². The fourth-order valence-corrected chi connectivity index (χ4v) is 4.69. The Kier molecular flexibility index (Phi) is 5.90. The van der Waals surface area contributed by atoms with Crippen LogP contribution in [0.3, 0.4) is 0 Å². The zero-order valence-corrected chi connectivity index (χ0v) is 15.5. The number of nitrogens with zero attached hydrogens (tertiary/aromatic N) is 3. The van der Waals surface area contributed by atoms with Gasteiger partial charge >= 0.3 is 0 Å². The molecule has 4 rings (SSSR count). The molecule has 0 unspecified atom stereocenters. The topological polar surface area (TPSA) is 19.0 Å².